The van der Waals surface area contributed by atoms with Crippen LogP contribution in [0.1, 0.15) is 23.2 Å². The highest BCUT2D eigenvalue weighted by Gasteiger charge is 2.55. The van der Waals surface area contributed by atoms with Crippen molar-refractivity contribution < 1.29 is 41.4 Å². The molecule has 7 atom stereocenters. The standard InChI is InChI=1S/C24H23ClF3N3O6S/c25-14-2-1-10(23(34)29-12-6-15(26)21(28)16(27)7-12)5-20(14)38(36)37-19-4-11-3-13(19)22(11)30-24(35)31-8-17(32)18(33)9-31/h1-2,5-7,11,13,17-19,22,32-33H,3-4,8-9H2,(H,29,34)(H,30,35). The van der Waals surface area contributed by atoms with E-state index in [4.69, 9.17) is 15.8 Å². The van der Waals surface area contributed by atoms with E-state index in [9.17, 15) is 37.2 Å². The van der Waals surface area contributed by atoms with E-state index in [-0.39, 0.29) is 52.1 Å². The molecule has 9 nitrogen and oxygen atoms in total. The summed E-state index contributed by atoms with van der Waals surface area (Å²) in [5, 5.41) is 24.6. The molecule has 0 spiro atoms. The van der Waals surface area contributed by atoms with Gasteiger partial charge in [-0.3, -0.25) is 8.98 Å². The van der Waals surface area contributed by atoms with Gasteiger partial charge in [-0.2, -0.15) is 0 Å². The van der Waals surface area contributed by atoms with Crippen molar-refractivity contribution in [2.75, 3.05) is 18.4 Å². The molecule has 14 heteroatoms. The van der Waals surface area contributed by atoms with Gasteiger partial charge in [-0.1, -0.05) is 11.6 Å². The second kappa shape index (κ2) is 10.5. The molecule has 1 aliphatic heterocycles. The van der Waals surface area contributed by atoms with Crippen LogP contribution in [0.15, 0.2) is 35.2 Å². The number of hydrogen-bond donors (Lipinski definition) is 4. The van der Waals surface area contributed by atoms with Crippen molar-refractivity contribution in [1.29, 1.82) is 0 Å². The number of nitrogens with one attached hydrogen (secondary N) is 2. The third-order valence-corrected chi connectivity index (χ3v) is 8.78. The average Bonchev–Trinajstić information content (AvgIpc) is 3.53. The number of aliphatic hydroxyl groups is 2. The molecule has 1 saturated heterocycles. The number of hydrogen-bond acceptors (Lipinski definition) is 6. The highest BCUT2D eigenvalue weighted by molar-refractivity contribution is 7.80. The number of fused-ring (bicyclic) bond motifs is 1. The monoisotopic (exact) mass is 573 g/mol. The number of urea groups is 1. The first-order valence-corrected chi connectivity index (χ1v) is 13.2. The van der Waals surface area contributed by atoms with E-state index in [0.29, 0.717) is 18.6 Å². The Bertz CT molecular complexity index is 1290. The normalized spacial score (nSPS) is 28.6. The van der Waals surface area contributed by atoms with Crippen molar-refractivity contribution in [1.82, 2.24) is 10.2 Å². The summed E-state index contributed by atoms with van der Waals surface area (Å²) >= 11 is 4.12. The maximum atomic E-state index is 13.5. The first-order chi connectivity index (χ1) is 18.0. The van der Waals surface area contributed by atoms with Gasteiger partial charge in [-0.15, -0.1) is 0 Å². The molecule has 4 aliphatic rings. The minimum Gasteiger partial charge on any atom is -0.388 e. The number of rotatable bonds is 6. The lowest BCUT2D eigenvalue weighted by molar-refractivity contribution is 0.0572. The van der Waals surface area contributed by atoms with Crippen molar-refractivity contribution in [2.45, 2.75) is 42.1 Å². The number of aliphatic hydroxyl groups excluding tert-OH is 2. The molecule has 3 amide bonds. The molecule has 204 valence electrons. The Morgan fingerprint density at radius 2 is 1.71 bits per heavy atom. The third kappa shape index (κ3) is 5.13. The van der Waals surface area contributed by atoms with Gasteiger partial charge in [0.25, 0.3) is 5.91 Å². The molecule has 38 heavy (non-hydrogen) atoms. The van der Waals surface area contributed by atoms with Gasteiger partial charge in [-0.05, 0) is 37.0 Å². The highest BCUT2D eigenvalue weighted by atomic mass is 35.5. The number of anilines is 1. The topological polar surface area (TPSA) is 128 Å². The fourth-order valence-corrected chi connectivity index (χ4v) is 6.47. The van der Waals surface area contributed by atoms with Gasteiger partial charge in [0.05, 0.1) is 41.3 Å². The zero-order chi connectivity index (χ0) is 27.3. The van der Waals surface area contributed by atoms with Crippen LogP contribution < -0.4 is 10.6 Å². The maximum absolute atomic E-state index is 13.5. The molecule has 2 bridgehead atoms. The van der Waals surface area contributed by atoms with E-state index in [1.807, 2.05) is 0 Å². The summed E-state index contributed by atoms with van der Waals surface area (Å²) in [6.45, 7) is 0.0684. The van der Waals surface area contributed by atoms with Crippen molar-refractivity contribution in [3.8, 4) is 0 Å². The van der Waals surface area contributed by atoms with Gasteiger partial charge in [0.2, 0.25) is 0 Å². The molecule has 4 fully saturated rings. The van der Waals surface area contributed by atoms with E-state index in [1.165, 1.54) is 23.1 Å². The molecule has 0 aromatic heterocycles. The summed E-state index contributed by atoms with van der Waals surface area (Å²) < 4.78 is 58.9. The molecule has 2 aromatic carbocycles. The molecule has 2 aromatic rings. The molecule has 6 rings (SSSR count). The zero-order valence-corrected chi connectivity index (χ0v) is 21.1. The Kier molecular flexibility index (Phi) is 7.40. The average molecular weight is 574 g/mol. The number of carbonyl (C=O) groups is 2. The van der Waals surface area contributed by atoms with Crippen LogP contribution in [0.4, 0.5) is 23.7 Å². The summed E-state index contributed by atoms with van der Waals surface area (Å²) in [7, 11) is 0. The van der Waals surface area contributed by atoms with Crippen LogP contribution in [0.2, 0.25) is 5.02 Å². The lowest BCUT2D eigenvalue weighted by atomic mass is 9.78. The number of halogens is 4. The molecule has 3 saturated carbocycles. The fraction of sp³-hybridized carbons (Fsp3) is 0.417. The van der Waals surface area contributed by atoms with Gasteiger partial charge in [0.15, 0.2) is 28.5 Å². The SMILES string of the molecule is O=C(Nc1cc(F)c(F)c(F)c1)c1ccc(Cl)c(S(=O)OC2CC3CC2C3NC(=O)N2CC(O)C(O)C2)c1. The number of amides is 3. The molecular weight excluding hydrogens is 551 g/mol. The smallest absolute Gasteiger partial charge is 0.317 e. The maximum Gasteiger partial charge on any atom is 0.317 e. The van der Waals surface area contributed by atoms with Gasteiger partial charge < -0.3 is 25.7 Å². The Morgan fingerprint density at radius 1 is 1.05 bits per heavy atom. The number of benzene rings is 2. The van der Waals surface area contributed by atoms with E-state index in [1.54, 1.807) is 0 Å². The first-order valence-electron chi connectivity index (χ1n) is 11.8. The number of carbonyl (C=O) groups excluding carboxylic acids is 2. The third-order valence-electron chi connectivity index (χ3n) is 7.22. The molecule has 1 heterocycles. The van der Waals surface area contributed by atoms with Gasteiger partial charge in [0.1, 0.15) is 0 Å². The lowest BCUT2D eigenvalue weighted by Gasteiger charge is -2.37. The largest absolute Gasteiger partial charge is 0.388 e. The van der Waals surface area contributed by atoms with Crippen LogP contribution in [-0.4, -0.2) is 68.7 Å². The first kappa shape index (κ1) is 26.9. The lowest BCUT2D eigenvalue weighted by Crippen LogP contribution is -2.54. The molecule has 4 N–H and O–H groups in total. The van der Waals surface area contributed by atoms with E-state index < -0.39 is 58.8 Å². The second-order valence-corrected chi connectivity index (χ2v) is 11.1. The summed E-state index contributed by atoms with van der Waals surface area (Å²) in [5.41, 5.74) is -0.334. The number of nitrogens with zero attached hydrogens (tertiary/aromatic N) is 1. The van der Waals surface area contributed by atoms with Crippen molar-refractivity contribution in [2.24, 2.45) is 11.8 Å². The summed E-state index contributed by atoms with van der Waals surface area (Å²) in [4.78, 5) is 26.5. The second-order valence-electron chi connectivity index (χ2n) is 9.63. The quantitative estimate of drug-likeness (QED) is 0.393. The van der Waals surface area contributed by atoms with E-state index in [2.05, 4.69) is 10.6 Å². The molecule has 7 unspecified atom stereocenters. The Hall–Kier alpha value is -2.71. The molecule has 0 radical (unpaired) electrons. The predicted octanol–water partition coefficient (Wildman–Crippen LogP) is 2.57. The zero-order valence-electron chi connectivity index (χ0n) is 19.6. The molecular formula is C24H23ClF3N3O6S. The number of likely N-dealkylation sites (tertiary alicyclic amines) is 1. The van der Waals surface area contributed by atoms with Gasteiger partial charge in [-0.25, -0.2) is 22.2 Å². The van der Waals surface area contributed by atoms with Crippen LogP contribution in [0.5, 0.6) is 0 Å². The summed E-state index contributed by atoms with van der Waals surface area (Å²) in [5.74, 6) is -5.37. The van der Waals surface area contributed by atoms with Crippen LogP contribution in [0.25, 0.3) is 0 Å². The predicted molar refractivity (Wildman–Crippen MR) is 129 cm³/mol. The fourth-order valence-electron chi connectivity index (χ4n) is 5.17. The van der Waals surface area contributed by atoms with Crippen molar-refractivity contribution in [3.05, 3.63) is 58.4 Å². The van der Waals surface area contributed by atoms with E-state index in [0.717, 1.165) is 6.42 Å². The summed E-state index contributed by atoms with van der Waals surface area (Å²) in [6, 6.07) is 4.53. The van der Waals surface area contributed by atoms with Crippen molar-refractivity contribution >= 4 is 40.3 Å². The molecule has 3 aliphatic carbocycles. The van der Waals surface area contributed by atoms with Crippen LogP contribution in [0.3, 0.4) is 0 Å². The summed E-state index contributed by atoms with van der Waals surface area (Å²) in [6.07, 6.45) is -1.11. The number of β-amino-alcohol motifs (C(OH)–C–C–N with tert-alkyl or cyclic N) is 2. The van der Waals surface area contributed by atoms with Gasteiger partial charge in [0, 0.05) is 35.3 Å². The van der Waals surface area contributed by atoms with Crippen LogP contribution in [-0.2, 0) is 15.3 Å². The highest BCUT2D eigenvalue weighted by Crippen LogP contribution is 2.50. The Balaban J connectivity index is 1.21. The minimum atomic E-state index is -2.07. The van der Waals surface area contributed by atoms with Gasteiger partial charge >= 0.3 is 6.03 Å². The Morgan fingerprint density at radius 3 is 2.37 bits per heavy atom. The van der Waals surface area contributed by atoms with Crippen molar-refractivity contribution in [3.63, 3.8) is 0 Å². The minimum absolute atomic E-state index is 0.0144. The van der Waals surface area contributed by atoms with Crippen LogP contribution in [0, 0.1) is 29.3 Å². The Labute approximate surface area is 222 Å². The van der Waals surface area contributed by atoms with Crippen LogP contribution >= 0.6 is 11.6 Å². The van der Waals surface area contributed by atoms with E-state index >= 15 is 0 Å².